The average molecular weight is 221 g/mol. The molecular weight excluding hydrogens is 208 g/mol. The summed E-state index contributed by atoms with van der Waals surface area (Å²) in [6, 6.07) is 3.74. The molecule has 0 bridgehead atoms. The number of nitrogens with zero attached hydrogens (tertiary/aromatic N) is 1. The molecule has 0 aliphatic heterocycles. The largest absolute Gasteiger partial charge is 0.291 e. The van der Waals surface area contributed by atoms with Crippen molar-refractivity contribution in [3.8, 4) is 12.3 Å². The first-order chi connectivity index (χ1) is 7.54. The van der Waals surface area contributed by atoms with Crippen molar-refractivity contribution < 1.29 is 8.78 Å². The Hall–Kier alpha value is -1.66. The third-order valence-corrected chi connectivity index (χ3v) is 2.15. The molecule has 0 saturated carbocycles. The summed E-state index contributed by atoms with van der Waals surface area (Å²) in [6.07, 6.45) is 5.16. The first kappa shape index (κ1) is 12.4. The summed E-state index contributed by atoms with van der Waals surface area (Å²) in [5.41, 5.74) is 1.29. The molecule has 0 amide bonds. The van der Waals surface area contributed by atoms with Crippen LogP contribution in [0.2, 0.25) is 0 Å². The average Bonchev–Trinajstić information content (AvgIpc) is 2.22. The van der Waals surface area contributed by atoms with Crippen LogP contribution in [0.3, 0.4) is 0 Å². The lowest BCUT2D eigenvalue weighted by Crippen LogP contribution is -2.20. The number of rotatable bonds is 4. The third kappa shape index (κ3) is 3.18. The fourth-order valence-electron chi connectivity index (χ4n) is 1.34. The van der Waals surface area contributed by atoms with Crippen LogP contribution in [0.1, 0.15) is 5.56 Å². The summed E-state index contributed by atoms with van der Waals surface area (Å²) in [7, 11) is 1.84. The van der Waals surface area contributed by atoms with E-state index in [9.17, 15) is 8.78 Å². The van der Waals surface area contributed by atoms with Crippen LogP contribution in [0, 0.1) is 24.0 Å². The monoisotopic (exact) mass is 221 g/mol. The van der Waals surface area contributed by atoms with Crippen molar-refractivity contribution in [2.75, 3.05) is 20.1 Å². The molecular formula is C13H13F2N. The molecule has 84 valence electrons. The Kier molecular flexibility index (Phi) is 4.21. The lowest BCUT2D eigenvalue weighted by atomic mass is 10.1. The smallest absolute Gasteiger partial charge is 0.159 e. The number of halogens is 2. The van der Waals surface area contributed by atoms with Gasteiger partial charge < -0.3 is 0 Å². The van der Waals surface area contributed by atoms with Crippen molar-refractivity contribution in [2.45, 2.75) is 0 Å². The van der Waals surface area contributed by atoms with Crippen molar-refractivity contribution in [3.05, 3.63) is 42.0 Å². The van der Waals surface area contributed by atoms with Crippen LogP contribution in [0.25, 0.3) is 5.57 Å². The normalized spacial score (nSPS) is 10.2. The number of benzene rings is 1. The minimum atomic E-state index is -0.863. The highest BCUT2D eigenvalue weighted by molar-refractivity contribution is 5.64. The van der Waals surface area contributed by atoms with Gasteiger partial charge in [0.2, 0.25) is 0 Å². The number of likely N-dealkylation sites (N-methyl/N-ethyl adjacent to an activating group) is 1. The van der Waals surface area contributed by atoms with E-state index in [2.05, 4.69) is 12.5 Å². The van der Waals surface area contributed by atoms with Gasteiger partial charge in [-0.3, -0.25) is 4.90 Å². The van der Waals surface area contributed by atoms with E-state index >= 15 is 0 Å². The second kappa shape index (κ2) is 5.43. The lowest BCUT2D eigenvalue weighted by Gasteiger charge is -2.15. The van der Waals surface area contributed by atoms with Gasteiger partial charge in [0, 0.05) is 6.54 Å². The molecule has 0 N–H and O–H groups in total. The van der Waals surface area contributed by atoms with Crippen molar-refractivity contribution >= 4 is 5.57 Å². The van der Waals surface area contributed by atoms with Gasteiger partial charge in [-0.05, 0) is 30.3 Å². The molecule has 0 spiro atoms. The fraction of sp³-hybridized carbons (Fsp3) is 0.231. The number of hydrogen-bond acceptors (Lipinski definition) is 1. The minimum Gasteiger partial charge on any atom is -0.291 e. The summed E-state index contributed by atoms with van der Waals surface area (Å²) in [5, 5.41) is 0. The zero-order chi connectivity index (χ0) is 12.1. The first-order valence-corrected chi connectivity index (χ1v) is 4.80. The van der Waals surface area contributed by atoms with Crippen LogP contribution < -0.4 is 0 Å². The van der Waals surface area contributed by atoms with E-state index in [1.807, 2.05) is 11.9 Å². The third-order valence-electron chi connectivity index (χ3n) is 2.15. The maximum Gasteiger partial charge on any atom is 0.159 e. The molecule has 3 heteroatoms. The summed E-state index contributed by atoms with van der Waals surface area (Å²) >= 11 is 0. The summed E-state index contributed by atoms with van der Waals surface area (Å²) in [4.78, 5) is 1.86. The molecule has 16 heavy (non-hydrogen) atoms. The molecule has 1 aromatic carbocycles. The predicted molar refractivity (Wildman–Crippen MR) is 61.7 cm³/mol. The van der Waals surface area contributed by atoms with Gasteiger partial charge in [-0.15, -0.1) is 6.42 Å². The van der Waals surface area contributed by atoms with Crippen molar-refractivity contribution in [3.63, 3.8) is 0 Å². The molecule has 0 aliphatic rings. The van der Waals surface area contributed by atoms with Gasteiger partial charge in [-0.1, -0.05) is 18.6 Å². The van der Waals surface area contributed by atoms with Gasteiger partial charge in [0.05, 0.1) is 6.54 Å². The first-order valence-electron chi connectivity index (χ1n) is 4.80. The second-order valence-electron chi connectivity index (χ2n) is 3.61. The van der Waals surface area contributed by atoms with Crippen LogP contribution in [0.5, 0.6) is 0 Å². The van der Waals surface area contributed by atoms with E-state index in [4.69, 9.17) is 6.42 Å². The van der Waals surface area contributed by atoms with E-state index in [-0.39, 0.29) is 0 Å². The van der Waals surface area contributed by atoms with Gasteiger partial charge in [0.25, 0.3) is 0 Å². The second-order valence-corrected chi connectivity index (χ2v) is 3.61. The van der Waals surface area contributed by atoms with Crippen LogP contribution in [-0.2, 0) is 0 Å². The zero-order valence-corrected chi connectivity index (χ0v) is 9.13. The molecule has 0 heterocycles. The van der Waals surface area contributed by atoms with Crippen molar-refractivity contribution in [1.29, 1.82) is 0 Å². The van der Waals surface area contributed by atoms with Gasteiger partial charge in [0.1, 0.15) is 0 Å². The number of terminal acetylenes is 1. The van der Waals surface area contributed by atoms with E-state index in [1.165, 1.54) is 6.07 Å². The number of hydrogen-bond donors (Lipinski definition) is 0. The molecule has 1 aromatic rings. The zero-order valence-electron chi connectivity index (χ0n) is 9.13. The summed E-state index contributed by atoms with van der Waals surface area (Å²) in [6.45, 7) is 4.83. The molecule has 0 unspecified atom stereocenters. The summed E-state index contributed by atoms with van der Waals surface area (Å²) in [5.74, 6) is 0.780. The molecule has 0 atom stereocenters. The molecule has 0 radical (unpaired) electrons. The maximum absolute atomic E-state index is 13.0. The van der Waals surface area contributed by atoms with E-state index in [0.29, 0.717) is 24.2 Å². The Labute approximate surface area is 94.4 Å². The van der Waals surface area contributed by atoms with E-state index in [0.717, 1.165) is 12.1 Å². The molecule has 0 aliphatic carbocycles. The molecule has 0 aromatic heterocycles. The minimum absolute atomic E-state index is 0.489. The van der Waals surface area contributed by atoms with Crippen LogP contribution in [0.15, 0.2) is 24.8 Å². The van der Waals surface area contributed by atoms with Gasteiger partial charge in [-0.2, -0.15) is 0 Å². The molecule has 1 rings (SSSR count). The molecule has 0 saturated heterocycles. The quantitative estimate of drug-likeness (QED) is 0.706. The lowest BCUT2D eigenvalue weighted by molar-refractivity contribution is 0.425. The highest BCUT2D eigenvalue weighted by Crippen LogP contribution is 2.16. The highest BCUT2D eigenvalue weighted by atomic mass is 19.2. The summed E-state index contributed by atoms with van der Waals surface area (Å²) < 4.78 is 25.7. The van der Waals surface area contributed by atoms with Crippen LogP contribution in [-0.4, -0.2) is 25.0 Å². The standard InChI is InChI=1S/C13H13F2N/c1-4-7-16(3)9-10(2)11-5-6-12(14)13(15)8-11/h1,5-6,8H,2,7,9H2,3H3. The highest BCUT2D eigenvalue weighted by Gasteiger charge is 2.06. The molecule has 1 nitrogen and oxygen atoms in total. The predicted octanol–water partition coefficient (Wildman–Crippen LogP) is 2.54. The Morgan fingerprint density at radius 1 is 1.44 bits per heavy atom. The maximum atomic E-state index is 13.0. The van der Waals surface area contributed by atoms with Crippen LogP contribution in [0.4, 0.5) is 8.78 Å². The Balaban J connectivity index is 2.74. The van der Waals surface area contributed by atoms with Gasteiger partial charge >= 0.3 is 0 Å². The fourth-order valence-corrected chi connectivity index (χ4v) is 1.34. The topological polar surface area (TPSA) is 3.24 Å². The molecule has 0 fully saturated rings. The SMILES string of the molecule is C#CCN(C)CC(=C)c1ccc(F)c(F)c1. The van der Waals surface area contributed by atoms with Crippen LogP contribution >= 0.6 is 0 Å². The van der Waals surface area contributed by atoms with Crippen molar-refractivity contribution in [2.24, 2.45) is 0 Å². The van der Waals surface area contributed by atoms with Crippen molar-refractivity contribution in [1.82, 2.24) is 4.90 Å². The van der Waals surface area contributed by atoms with Gasteiger partial charge in [-0.25, -0.2) is 8.78 Å². The van der Waals surface area contributed by atoms with E-state index in [1.54, 1.807) is 0 Å². The Bertz CT molecular complexity index is 432. The van der Waals surface area contributed by atoms with E-state index < -0.39 is 11.6 Å². The Morgan fingerprint density at radius 3 is 2.69 bits per heavy atom. The Morgan fingerprint density at radius 2 is 2.12 bits per heavy atom. The van der Waals surface area contributed by atoms with Gasteiger partial charge in [0.15, 0.2) is 11.6 Å².